The average molecular weight is 562 g/mol. The van der Waals surface area contributed by atoms with Crippen LogP contribution in [0.2, 0.25) is 10.0 Å². The van der Waals surface area contributed by atoms with Gasteiger partial charge in [-0.15, -0.1) is 0 Å². The first-order valence-electron chi connectivity index (χ1n) is 10.8. The number of H-pyrrole nitrogens is 1. The van der Waals surface area contributed by atoms with Crippen LogP contribution in [0.15, 0.2) is 64.7 Å². The van der Waals surface area contributed by atoms with Crippen LogP contribution >= 0.6 is 23.2 Å². The summed E-state index contributed by atoms with van der Waals surface area (Å²) in [6.07, 6.45) is 0.0730. The zero-order chi connectivity index (χ0) is 26.5. The summed E-state index contributed by atoms with van der Waals surface area (Å²) >= 11 is 12.3. The summed E-state index contributed by atoms with van der Waals surface area (Å²) in [6, 6.07) is 14.9. The highest BCUT2D eigenvalue weighted by Crippen LogP contribution is 2.41. The summed E-state index contributed by atoms with van der Waals surface area (Å²) in [6.45, 7) is -0.0636. The van der Waals surface area contributed by atoms with E-state index in [2.05, 4.69) is 14.9 Å². The number of hydrogen-bond donors (Lipinski definition) is 2. The zero-order valence-electron chi connectivity index (χ0n) is 19.7. The van der Waals surface area contributed by atoms with Crippen LogP contribution in [0.4, 0.5) is 5.69 Å². The van der Waals surface area contributed by atoms with Crippen molar-refractivity contribution < 1.29 is 23.2 Å². The fourth-order valence-electron chi connectivity index (χ4n) is 3.62. The van der Waals surface area contributed by atoms with Gasteiger partial charge in [0.15, 0.2) is 28.2 Å². The van der Waals surface area contributed by atoms with Crippen LogP contribution in [0.25, 0.3) is 10.9 Å². The molecule has 0 saturated heterocycles. The van der Waals surface area contributed by atoms with Gasteiger partial charge < -0.3 is 19.2 Å². The molecule has 0 aliphatic carbocycles. The van der Waals surface area contributed by atoms with E-state index in [0.29, 0.717) is 55.0 Å². The van der Waals surface area contributed by atoms with Gasteiger partial charge in [-0.1, -0.05) is 34.4 Å². The number of aromatic nitrogens is 1. The van der Waals surface area contributed by atoms with Crippen molar-refractivity contribution in [1.29, 1.82) is 0 Å². The van der Waals surface area contributed by atoms with Crippen LogP contribution in [-0.2, 0) is 33.5 Å². The van der Waals surface area contributed by atoms with Crippen LogP contribution in [-0.4, -0.2) is 29.4 Å². The monoisotopic (exact) mass is 561 g/mol. The SMILES string of the molecule is COC(=O)Cc1ccc(Oc2ccc3[nH]c(CN=O)cc3c2NS(=O)c2ccc(Cl)cc2Cl)c(OC)c1. The maximum atomic E-state index is 13.3. The molecule has 9 nitrogen and oxygen atoms in total. The van der Waals surface area contributed by atoms with Gasteiger partial charge in [0, 0.05) is 21.6 Å². The molecule has 0 radical (unpaired) electrons. The van der Waals surface area contributed by atoms with E-state index in [4.69, 9.17) is 37.4 Å². The molecule has 12 heteroatoms. The molecule has 1 aromatic heterocycles. The lowest BCUT2D eigenvalue weighted by Gasteiger charge is -2.16. The van der Waals surface area contributed by atoms with E-state index in [1.165, 1.54) is 20.3 Å². The molecule has 4 rings (SSSR count). The fraction of sp³-hybridized carbons (Fsp3) is 0.160. The van der Waals surface area contributed by atoms with Gasteiger partial charge in [-0.25, -0.2) is 4.21 Å². The third kappa shape index (κ3) is 6.04. The molecule has 1 atom stereocenters. The number of rotatable bonds is 10. The number of fused-ring (bicyclic) bond motifs is 1. The second-order valence-corrected chi connectivity index (χ2v) is 9.79. The molecule has 0 aliphatic rings. The van der Waals surface area contributed by atoms with E-state index in [1.807, 2.05) is 0 Å². The molecule has 3 aromatic carbocycles. The minimum atomic E-state index is -1.79. The number of ether oxygens (including phenoxy) is 3. The Kier molecular flexibility index (Phi) is 8.32. The third-order valence-corrected chi connectivity index (χ3v) is 7.17. The maximum Gasteiger partial charge on any atom is 0.309 e. The lowest BCUT2D eigenvalue weighted by atomic mass is 10.1. The summed E-state index contributed by atoms with van der Waals surface area (Å²) < 4.78 is 32.7. The van der Waals surface area contributed by atoms with E-state index < -0.39 is 11.0 Å². The normalized spacial score (nSPS) is 11.7. The molecule has 4 aromatic rings. The van der Waals surface area contributed by atoms with Crippen molar-refractivity contribution >= 4 is 56.7 Å². The molecule has 192 valence electrons. The largest absolute Gasteiger partial charge is 0.493 e. The number of anilines is 1. The van der Waals surface area contributed by atoms with Gasteiger partial charge in [-0.05, 0) is 54.1 Å². The van der Waals surface area contributed by atoms with Crippen molar-refractivity contribution in [2.45, 2.75) is 17.9 Å². The molecule has 1 unspecified atom stereocenters. The molecule has 1 heterocycles. The molecular formula is C25H21Cl2N3O6S. The molecule has 0 saturated carbocycles. The maximum absolute atomic E-state index is 13.3. The lowest BCUT2D eigenvalue weighted by Crippen LogP contribution is -2.07. The van der Waals surface area contributed by atoms with Gasteiger partial charge in [-0.3, -0.25) is 9.52 Å². The van der Waals surface area contributed by atoms with Crippen molar-refractivity contribution in [1.82, 2.24) is 4.98 Å². The van der Waals surface area contributed by atoms with E-state index in [0.717, 1.165) is 0 Å². The number of nitroso groups, excluding NO2 is 1. The van der Waals surface area contributed by atoms with E-state index in [-0.39, 0.29) is 24.0 Å². The topological polar surface area (TPSA) is 119 Å². The zero-order valence-corrected chi connectivity index (χ0v) is 22.0. The quantitative estimate of drug-likeness (QED) is 0.171. The standard InChI is InChI=1S/C25H21Cl2N3O6S/c1-34-22-9-14(10-24(31)35-2)3-6-20(22)36-21-7-5-19-17(12-16(29-19)13-28-32)25(21)30-37(33)23-8-4-15(26)11-18(23)27/h3-9,11-12,29-30H,10,13H2,1-2H3. The van der Waals surface area contributed by atoms with Crippen molar-refractivity contribution in [2.24, 2.45) is 5.18 Å². The predicted octanol–water partition coefficient (Wildman–Crippen LogP) is 6.39. The van der Waals surface area contributed by atoms with Crippen molar-refractivity contribution in [3.8, 4) is 17.2 Å². The average Bonchev–Trinajstić information content (AvgIpc) is 3.29. The van der Waals surface area contributed by atoms with Gasteiger partial charge in [0.2, 0.25) is 0 Å². The number of halogens is 2. The molecule has 37 heavy (non-hydrogen) atoms. The lowest BCUT2D eigenvalue weighted by molar-refractivity contribution is -0.139. The van der Waals surface area contributed by atoms with Gasteiger partial charge in [0.25, 0.3) is 0 Å². The Hall–Kier alpha value is -3.60. The molecule has 0 aliphatic heterocycles. The minimum Gasteiger partial charge on any atom is -0.493 e. The first kappa shape index (κ1) is 26.5. The second-order valence-electron chi connectivity index (χ2n) is 7.77. The Morgan fingerprint density at radius 2 is 1.81 bits per heavy atom. The number of methoxy groups -OCH3 is 2. The van der Waals surface area contributed by atoms with Crippen LogP contribution in [0.5, 0.6) is 17.2 Å². The summed E-state index contributed by atoms with van der Waals surface area (Å²) in [5, 5.41) is 4.20. The minimum absolute atomic E-state index is 0.0636. The highest BCUT2D eigenvalue weighted by Gasteiger charge is 2.19. The summed E-state index contributed by atoms with van der Waals surface area (Å²) in [5.74, 6) is 0.687. The Morgan fingerprint density at radius 3 is 2.51 bits per heavy atom. The molecule has 2 N–H and O–H groups in total. The molecule has 0 spiro atoms. The summed E-state index contributed by atoms with van der Waals surface area (Å²) in [4.78, 5) is 25.9. The van der Waals surface area contributed by atoms with E-state index in [9.17, 15) is 13.9 Å². The fourth-order valence-corrected chi connectivity index (χ4v) is 5.18. The number of hydrogen-bond acceptors (Lipinski definition) is 7. The number of nitrogens with zero attached hydrogens (tertiary/aromatic N) is 1. The van der Waals surface area contributed by atoms with Crippen molar-refractivity contribution in [3.63, 3.8) is 0 Å². The van der Waals surface area contributed by atoms with Crippen molar-refractivity contribution in [2.75, 3.05) is 18.9 Å². The molecular weight excluding hydrogens is 541 g/mol. The van der Waals surface area contributed by atoms with Crippen LogP contribution in [0.3, 0.4) is 0 Å². The highest BCUT2D eigenvalue weighted by molar-refractivity contribution is 7.86. The van der Waals surface area contributed by atoms with Crippen LogP contribution in [0.1, 0.15) is 11.3 Å². The number of esters is 1. The number of benzene rings is 3. The van der Waals surface area contributed by atoms with E-state index in [1.54, 1.807) is 48.5 Å². The molecule has 0 bridgehead atoms. The Balaban J connectivity index is 1.75. The number of carbonyl (C=O) groups is 1. The van der Waals surface area contributed by atoms with Crippen LogP contribution < -0.4 is 14.2 Å². The Morgan fingerprint density at radius 1 is 1.03 bits per heavy atom. The van der Waals surface area contributed by atoms with E-state index >= 15 is 0 Å². The first-order valence-corrected chi connectivity index (χ1v) is 12.7. The third-order valence-electron chi connectivity index (χ3n) is 5.37. The highest BCUT2D eigenvalue weighted by atomic mass is 35.5. The van der Waals surface area contributed by atoms with Gasteiger partial charge in [0.1, 0.15) is 6.54 Å². The Labute approximate surface area is 224 Å². The van der Waals surface area contributed by atoms with Gasteiger partial charge >= 0.3 is 5.97 Å². The Bertz CT molecular complexity index is 1510. The predicted molar refractivity (Wildman–Crippen MR) is 143 cm³/mol. The number of aromatic amines is 1. The van der Waals surface area contributed by atoms with Crippen molar-refractivity contribution in [3.05, 3.63) is 80.8 Å². The summed E-state index contributed by atoms with van der Waals surface area (Å²) in [7, 11) is 1.01. The van der Waals surface area contributed by atoms with Gasteiger partial charge in [-0.2, -0.15) is 4.91 Å². The molecule has 0 amide bonds. The number of nitrogens with one attached hydrogen (secondary N) is 2. The smallest absolute Gasteiger partial charge is 0.309 e. The van der Waals surface area contributed by atoms with Crippen LogP contribution in [0, 0.1) is 4.91 Å². The van der Waals surface area contributed by atoms with Gasteiger partial charge in [0.05, 0.1) is 36.2 Å². The second kappa shape index (κ2) is 11.6. The first-order chi connectivity index (χ1) is 17.8. The summed E-state index contributed by atoms with van der Waals surface area (Å²) in [5.41, 5.74) is 2.31. The number of carbonyl (C=O) groups excluding carboxylic acids is 1. The molecule has 0 fully saturated rings.